The van der Waals surface area contributed by atoms with Crippen molar-refractivity contribution in [3.8, 4) is 11.3 Å². The van der Waals surface area contributed by atoms with E-state index in [1.54, 1.807) is 23.1 Å². The Kier molecular flexibility index (Phi) is 8.31. The minimum absolute atomic E-state index is 0. The third kappa shape index (κ3) is 5.38. The number of hydrogen-bond donors (Lipinski definition) is 1. The van der Waals surface area contributed by atoms with Gasteiger partial charge in [-0.15, -0.1) is 51.4 Å². The Bertz CT molecular complexity index is 1090. The zero-order valence-corrected chi connectivity index (χ0v) is 21.1. The number of nitrogens with one attached hydrogen (secondary N) is 1. The first kappa shape index (κ1) is 23.5. The molecule has 0 amide bonds. The molecule has 0 unspecified atom stereocenters. The second-order valence-corrected chi connectivity index (χ2v) is 9.43. The molecule has 0 bridgehead atoms. The van der Waals surface area contributed by atoms with Crippen LogP contribution in [-0.2, 0) is 4.74 Å². The number of thiazole rings is 1. The summed E-state index contributed by atoms with van der Waals surface area (Å²) < 4.78 is 5.92. The third-order valence-corrected chi connectivity index (χ3v) is 7.61. The van der Waals surface area contributed by atoms with Crippen molar-refractivity contribution >= 4 is 62.5 Å². The van der Waals surface area contributed by atoms with E-state index in [9.17, 15) is 4.79 Å². The van der Waals surface area contributed by atoms with Crippen molar-refractivity contribution < 1.29 is 9.53 Å². The Balaban J connectivity index is 0.00000272. The van der Waals surface area contributed by atoms with Crippen LogP contribution in [0.4, 0.5) is 5.13 Å². The maximum Gasteiger partial charge on any atom is 0.348 e. The van der Waals surface area contributed by atoms with Gasteiger partial charge < -0.3 is 10.1 Å². The largest absolute Gasteiger partial charge is 0.465 e. The van der Waals surface area contributed by atoms with E-state index in [1.165, 1.54) is 29.6 Å². The summed E-state index contributed by atoms with van der Waals surface area (Å²) in [6, 6.07) is 22.6. The van der Waals surface area contributed by atoms with E-state index in [0.29, 0.717) is 4.88 Å². The Hall–Kier alpha value is -2.13. The van der Waals surface area contributed by atoms with Crippen LogP contribution in [-0.4, -0.2) is 24.3 Å². The van der Waals surface area contributed by atoms with Gasteiger partial charge in [0.2, 0.25) is 0 Å². The van der Waals surface area contributed by atoms with Crippen LogP contribution in [0.25, 0.3) is 11.3 Å². The monoisotopic (exact) mass is 532 g/mol. The van der Waals surface area contributed by atoms with Crippen molar-refractivity contribution in [2.75, 3.05) is 18.7 Å². The Morgan fingerprint density at radius 2 is 1.68 bits per heavy atom. The molecule has 4 aromatic rings. The van der Waals surface area contributed by atoms with Crippen molar-refractivity contribution in [1.82, 2.24) is 4.98 Å². The second-order valence-electron chi connectivity index (χ2n) is 6.44. The molecular formula is C23H21BrN2O2S3. The van der Waals surface area contributed by atoms with E-state index in [4.69, 9.17) is 9.72 Å². The predicted octanol–water partition coefficient (Wildman–Crippen LogP) is 7.16. The molecule has 0 radical (unpaired) electrons. The normalized spacial score (nSPS) is 10.5. The van der Waals surface area contributed by atoms with E-state index < -0.39 is 0 Å². The molecular weight excluding hydrogens is 512 g/mol. The van der Waals surface area contributed by atoms with Crippen molar-refractivity contribution in [2.45, 2.75) is 10.3 Å². The lowest BCUT2D eigenvalue weighted by Crippen LogP contribution is -2.12. The summed E-state index contributed by atoms with van der Waals surface area (Å²) in [6.45, 7) is 0. The quantitative estimate of drug-likeness (QED) is 0.202. The molecule has 4 rings (SSSR count). The molecule has 0 saturated heterocycles. The molecule has 0 aliphatic rings. The molecule has 0 aliphatic heterocycles. The van der Waals surface area contributed by atoms with Crippen LogP contribution < -0.4 is 5.32 Å². The van der Waals surface area contributed by atoms with Crippen LogP contribution in [0.1, 0.15) is 26.8 Å². The molecule has 1 N–H and O–H groups in total. The highest BCUT2D eigenvalue weighted by molar-refractivity contribution is 8.93. The van der Waals surface area contributed by atoms with Gasteiger partial charge in [0.05, 0.1) is 23.1 Å². The van der Waals surface area contributed by atoms with Crippen LogP contribution in [0, 0.1) is 0 Å². The number of halogens is 1. The molecule has 4 nitrogen and oxygen atoms in total. The first-order valence-corrected chi connectivity index (χ1v) is 12.2. The van der Waals surface area contributed by atoms with Crippen molar-refractivity contribution in [3.63, 3.8) is 0 Å². The van der Waals surface area contributed by atoms with Gasteiger partial charge in [-0.3, -0.25) is 0 Å². The molecule has 160 valence electrons. The second kappa shape index (κ2) is 10.9. The SMILES string of the molecule is Br.COC(=O)c1cc(-c2csc(NC(c3ccccc3)c3ccccc3)n2)c(SC)s1. The Labute approximate surface area is 204 Å². The van der Waals surface area contributed by atoms with E-state index in [0.717, 1.165) is 20.6 Å². The summed E-state index contributed by atoms with van der Waals surface area (Å²) in [7, 11) is 1.40. The van der Waals surface area contributed by atoms with Crippen LogP contribution in [0.5, 0.6) is 0 Å². The predicted molar refractivity (Wildman–Crippen MR) is 137 cm³/mol. The maximum absolute atomic E-state index is 11.9. The van der Waals surface area contributed by atoms with Gasteiger partial charge in [0.15, 0.2) is 5.13 Å². The van der Waals surface area contributed by atoms with Crippen LogP contribution in [0.2, 0.25) is 0 Å². The lowest BCUT2D eigenvalue weighted by Gasteiger charge is -2.19. The zero-order chi connectivity index (χ0) is 20.9. The molecule has 0 fully saturated rings. The number of hydrogen-bond acceptors (Lipinski definition) is 7. The molecule has 0 saturated carbocycles. The smallest absolute Gasteiger partial charge is 0.348 e. The van der Waals surface area contributed by atoms with Crippen molar-refractivity contribution in [3.05, 3.63) is 88.1 Å². The fraction of sp³-hybridized carbons (Fsp3) is 0.130. The zero-order valence-electron chi connectivity index (χ0n) is 16.9. The van der Waals surface area contributed by atoms with Gasteiger partial charge in [-0.1, -0.05) is 60.7 Å². The summed E-state index contributed by atoms with van der Waals surface area (Å²) in [6.07, 6.45) is 2.00. The number of methoxy groups -OCH3 is 1. The molecule has 0 aliphatic carbocycles. The number of aromatic nitrogens is 1. The van der Waals surface area contributed by atoms with E-state index in [1.807, 2.05) is 54.1 Å². The molecule has 8 heteroatoms. The number of carbonyl (C=O) groups excluding carboxylic acids is 1. The highest BCUT2D eigenvalue weighted by Crippen LogP contribution is 2.39. The first-order valence-electron chi connectivity index (χ1n) is 9.28. The summed E-state index contributed by atoms with van der Waals surface area (Å²) >= 11 is 4.61. The average Bonchev–Trinajstić information content (AvgIpc) is 3.45. The Morgan fingerprint density at radius 3 is 2.23 bits per heavy atom. The summed E-state index contributed by atoms with van der Waals surface area (Å²) in [5, 5.41) is 6.45. The fourth-order valence-electron chi connectivity index (χ4n) is 3.14. The minimum Gasteiger partial charge on any atom is -0.465 e. The standard InChI is InChI=1S/C23H20N2O2S3.BrH/c1-27-21(26)19-13-17(22(28-2)30-19)18-14-29-23(24-18)25-20(15-9-5-3-6-10-15)16-11-7-4-8-12-16;/h3-14,20H,1-2H3,(H,24,25);1H. The molecule has 0 atom stereocenters. The number of esters is 1. The number of thiophene rings is 1. The van der Waals surface area contributed by atoms with Gasteiger partial charge in [0.1, 0.15) is 4.88 Å². The van der Waals surface area contributed by atoms with Gasteiger partial charge in [0, 0.05) is 10.9 Å². The van der Waals surface area contributed by atoms with E-state index >= 15 is 0 Å². The van der Waals surface area contributed by atoms with Gasteiger partial charge in [0.25, 0.3) is 0 Å². The van der Waals surface area contributed by atoms with E-state index in [2.05, 4.69) is 29.6 Å². The highest BCUT2D eigenvalue weighted by atomic mass is 79.9. The first-order chi connectivity index (χ1) is 14.7. The number of thioether (sulfide) groups is 1. The van der Waals surface area contributed by atoms with Crippen molar-refractivity contribution in [1.29, 1.82) is 0 Å². The number of rotatable bonds is 7. The minimum atomic E-state index is -0.316. The van der Waals surface area contributed by atoms with Gasteiger partial charge >= 0.3 is 5.97 Å². The number of nitrogens with zero attached hydrogens (tertiary/aromatic N) is 1. The van der Waals surface area contributed by atoms with Crippen molar-refractivity contribution in [2.24, 2.45) is 0 Å². The Morgan fingerprint density at radius 1 is 1.06 bits per heavy atom. The van der Waals surface area contributed by atoms with Crippen LogP contribution in [0.3, 0.4) is 0 Å². The topological polar surface area (TPSA) is 51.2 Å². The third-order valence-electron chi connectivity index (χ3n) is 4.58. The molecule has 2 aromatic heterocycles. The molecule has 0 spiro atoms. The van der Waals surface area contributed by atoms with Crippen LogP contribution in [0.15, 0.2) is 76.3 Å². The number of ether oxygens (including phenoxy) is 1. The maximum atomic E-state index is 11.9. The fourth-order valence-corrected chi connectivity index (χ4v) is 5.69. The summed E-state index contributed by atoms with van der Waals surface area (Å²) in [5.74, 6) is -0.316. The van der Waals surface area contributed by atoms with E-state index in [-0.39, 0.29) is 29.0 Å². The highest BCUT2D eigenvalue weighted by Gasteiger charge is 2.19. The number of carbonyl (C=O) groups is 1. The summed E-state index contributed by atoms with van der Waals surface area (Å²) in [4.78, 5) is 17.4. The number of anilines is 1. The van der Waals surface area contributed by atoms with Gasteiger partial charge in [-0.25, -0.2) is 9.78 Å². The lowest BCUT2D eigenvalue weighted by atomic mass is 9.99. The molecule has 2 heterocycles. The van der Waals surface area contributed by atoms with Gasteiger partial charge in [-0.2, -0.15) is 0 Å². The lowest BCUT2D eigenvalue weighted by molar-refractivity contribution is 0.0606. The molecule has 2 aromatic carbocycles. The van der Waals surface area contributed by atoms with Gasteiger partial charge in [-0.05, 0) is 23.4 Å². The van der Waals surface area contributed by atoms with Crippen LogP contribution >= 0.6 is 51.4 Å². The summed E-state index contributed by atoms with van der Waals surface area (Å²) in [5.41, 5.74) is 4.17. The molecule has 31 heavy (non-hydrogen) atoms. The average molecular weight is 534 g/mol. The number of benzene rings is 2.